The summed E-state index contributed by atoms with van der Waals surface area (Å²) in [7, 11) is 0. The first-order valence-corrected chi connectivity index (χ1v) is 4.75. The number of thiophene rings is 1. The highest BCUT2D eigenvalue weighted by Crippen LogP contribution is 2.27. The molecular weight excluding hydrogens is 183 g/mol. The van der Waals surface area contributed by atoms with Crippen LogP contribution in [-0.2, 0) is 0 Å². The van der Waals surface area contributed by atoms with E-state index in [1.54, 1.807) is 23.5 Å². The molecule has 2 heteroatoms. The van der Waals surface area contributed by atoms with E-state index in [0.717, 1.165) is 15.3 Å². The number of rotatable bonds is 1. The number of hydrogen-bond donors (Lipinski definition) is 0. The molecule has 0 saturated carbocycles. The summed E-state index contributed by atoms with van der Waals surface area (Å²) in [5.41, 5.74) is 1.04. The van der Waals surface area contributed by atoms with Gasteiger partial charge < -0.3 is 0 Å². The molecule has 13 heavy (non-hydrogen) atoms. The molecule has 0 aliphatic carbocycles. The molecule has 0 unspecified atom stereocenters. The SMILES string of the molecule is [CH2]c1ccc(-c2ccc(F)cc2)s1. The van der Waals surface area contributed by atoms with Crippen molar-refractivity contribution in [2.75, 3.05) is 0 Å². The van der Waals surface area contributed by atoms with E-state index in [1.807, 2.05) is 12.1 Å². The Hall–Kier alpha value is -1.15. The summed E-state index contributed by atoms with van der Waals surface area (Å²) in [6, 6.07) is 10.5. The number of hydrogen-bond acceptors (Lipinski definition) is 1. The van der Waals surface area contributed by atoms with Crippen LogP contribution in [0.25, 0.3) is 10.4 Å². The van der Waals surface area contributed by atoms with Gasteiger partial charge in [0, 0.05) is 9.75 Å². The lowest BCUT2D eigenvalue weighted by Gasteiger charge is -1.95. The van der Waals surface area contributed by atoms with Crippen molar-refractivity contribution in [3.05, 3.63) is 54.0 Å². The summed E-state index contributed by atoms with van der Waals surface area (Å²) in [6.45, 7) is 3.83. The second-order valence-corrected chi connectivity index (χ2v) is 3.94. The lowest BCUT2D eigenvalue weighted by Crippen LogP contribution is -1.73. The highest BCUT2D eigenvalue weighted by Gasteiger charge is 1.99. The maximum Gasteiger partial charge on any atom is 0.123 e. The van der Waals surface area contributed by atoms with E-state index in [4.69, 9.17) is 0 Å². The fourth-order valence-electron chi connectivity index (χ4n) is 1.15. The molecule has 0 fully saturated rings. The third-order valence-corrected chi connectivity index (χ3v) is 2.78. The topological polar surface area (TPSA) is 0 Å². The first-order chi connectivity index (χ1) is 6.25. The Morgan fingerprint density at radius 2 is 1.69 bits per heavy atom. The zero-order valence-corrected chi connectivity index (χ0v) is 7.77. The quantitative estimate of drug-likeness (QED) is 0.644. The Morgan fingerprint density at radius 3 is 2.23 bits per heavy atom. The van der Waals surface area contributed by atoms with Gasteiger partial charge in [0.25, 0.3) is 0 Å². The third-order valence-electron chi connectivity index (χ3n) is 1.79. The molecule has 0 bridgehead atoms. The zero-order valence-electron chi connectivity index (χ0n) is 6.96. The lowest BCUT2D eigenvalue weighted by atomic mass is 10.2. The minimum Gasteiger partial charge on any atom is -0.207 e. The zero-order chi connectivity index (χ0) is 9.26. The van der Waals surface area contributed by atoms with Gasteiger partial charge in [0.05, 0.1) is 0 Å². The van der Waals surface area contributed by atoms with Crippen molar-refractivity contribution in [3.8, 4) is 10.4 Å². The minimum absolute atomic E-state index is 0.199. The van der Waals surface area contributed by atoms with Crippen LogP contribution < -0.4 is 0 Å². The van der Waals surface area contributed by atoms with E-state index >= 15 is 0 Å². The molecule has 0 saturated heterocycles. The molecule has 1 aromatic heterocycles. The fraction of sp³-hybridized carbons (Fsp3) is 0. The molecule has 0 nitrogen and oxygen atoms in total. The second kappa shape index (κ2) is 3.30. The van der Waals surface area contributed by atoms with Gasteiger partial charge in [-0.1, -0.05) is 12.1 Å². The van der Waals surface area contributed by atoms with Crippen molar-refractivity contribution in [2.45, 2.75) is 0 Å². The Balaban J connectivity index is 2.41. The van der Waals surface area contributed by atoms with E-state index in [9.17, 15) is 4.39 Å². The van der Waals surface area contributed by atoms with Crippen LogP contribution in [0, 0.1) is 12.7 Å². The maximum atomic E-state index is 12.6. The average Bonchev–Trinajstić information content (AvgIpc) is 2.53. The molecule has 0 N–H and O–H groups in total. The largest absolute Gasteiger partial charge is 0.207 e. The van der Waals surface area contributed by atoms with Crippen LogP contribution in [0.3, 0.4) is 0 Å². The molecule has 1 heterocycles. The first kappa shape index (κ1) is 8.45. The van der Waals surface area contributed by atoms with E-state index in [-0.39, 0.29) is 5.82 Å². The molecular formula is C11H8FS. The van der Waals surface area contributed by atoms with Crippen LogP contribution in [0.15, 0.2) is 36.4 Å². The van der Waals surface area contributed by atoms with Gasteiger partial charge in [-0.15, -0.1) is 11.3 Å². The molecule has 0 aliphatic heterocycles. The van der Waals surface area contributed by atoms with Crippen LogP contribution in [0.4, 0.5) is 4.39 Å². The lowest BCUT2D eigenvalue weighted by molar-refractivity contribution is 0.628. The van der Waals surface area contributed by atoms with E-state index in [1.165, 1.54) is 12.1 Å². The average molecular weight is 191 g/mol. The smallest absolute Gasteiger partial charge is 0.123 e. The number of benzene rings is 1. The Kier molecular flexibility index (Phi) is 2.15. The van der Waals surface area contributed by atoms with E-state index in [0.29, 0.717) is 0 Å². The normalized spacial score (nSPS) is 10.3. The summed E-state index contributed by atoms with van der Waals surface area (Å²) < 4.78 is 12.6. The van der Waals surface area contributed by atoms with Gasteiger partial charge in [-0.2, -0.15) is 0 Å². The third kappa shape index (κ3) is 1.78. The standard InChI is InChI=1S/C11H8FS/c1-8-2-7-11(13-8)9-3-5-10(12)6-4-9/h2-7H,1H2. The van der Waals surface area contributed by atoms with Gasteiger partial charge in [0.1, 0.15) is 5.82 Å². The van der Waals surface area contributed by atoms with Crippen LogP contribution >= 0.6 is 11.3 Å². The first-order valence-electron chi connectivity index (χ1n) is 3.93. The summed E-state index contributed by atoms with van der Waals surface area (Å²) >= 11 is 1.61. The summed E-state index contributed by atoms with van der Waals surface area (Å²) in [5, 5.41) is 0. The predicted molar refractivity (Wildman–Crippen MR) is 54.2 cm³/mol. The Labute approximate surface area is 80.7 Å². The van der Waals surface area contributed by atoms with Crippen LogP contribution in [0.5, 0.6) is 0 Å². The van der Waals surface area contributed by atoms with Crippen molar-refractivity contribution in [3.63, 3.8) is 0 Å². The molecule has 1 radical (unpaired) electrons. The van der Waals surface area contributed by atoms with Crippen molar-refractivity contribution in [2.24, 2.45) is 0 Å². The van der Waals surface area contributed by atoms with E-state index < -0.39 is 0 Å². The molecule has 1 aromatic carbocycles. The summed E-state index contributed by atoms with van der Waals surface area (Å²) in [5.74, 6) is -0.199. The fourth-order valence-corrected chi connectivity index (χ4v) is 1.96. The van der Waals surface area contributed by atoms with Crippen molar-refractivity contribution in [1.82, 2.24) is 0 Å². The summed E-state index contributed by atoms with van der Waals surface area (Å²) in [6.07, 6.45) is 0. The maximum absolute atomic E-state index is 12.6. The van der Waals surface area contributed by atoms with Gasteiger partial charge in [-0.25, -0.2) is 4.39 Å². The minimum atomic E-state index is -0.199. The van der Waals surface area contributed by atoms with Crippen molar-refractivity contribution < 1.29 is 4.39 Å². The highest BCUT2D eigenvalue weighted by atomic mass is 32.1. The molecule has 2 aromatic rings. The predicted octanol–water partition coefficient (Wildman–Crippen LogP) is 3.74. The second-order valence-electron chi connectivity index (χ2n) is 2.77. The van der Waals surface area contributed by atoms with Gasteiger partial charge in [-0.05, 0) is 36.8 Å². The van der Waals surface area contributed by atoms with Gasteiger partial charge >= 0.3 is 0 Å². The van der Waals surface area contributed by atoms with Crippen molar-refractivity contribution in [1.29, 1.82) is 0 Å². The Morgan fingerprint density at radius 1 is 1.00 bits per heavy atom. The molecule has 2 rings (SSSR count). The molecule has 65 valence electrons. The Bertz CT molecular complexity index is 400. The van der Waals surface area contributed by atoms with Crippen LogP contribution in [0.2, 0.25) is 0 Å². The molecule has 0 aliphatic rings. The monoisotopic (exact) mass is 191 g/mol. The molecule has 0 amide bonds. The molecule has 0 spiro atoms. The van der Waals surface area contributed by atoms with Gasteiger partial charge in [0.15, 0.2) is 0 Å². The summed E-state index contributed by atoms with van der Waals surface area (Å²) in [4.78, 5) is 2.16. The highest BCUT2D eigenvalue weighted by molar-refractivity contribution is 7.15. The van der Waals surface area contributed by atoms with Crippen LogP contribution in [-0.4, -0.2) is 0 Å². The van der Waals surface area contributed by atoms with Crippen LogP contribution in [0.1, 0.15) is 4.88 Å². The van der Waals surface area contributed by atoms with E-state index in [2.05, 4.69) is 6.92 Å². The molecule has 0 atom stereocenters. The van der Waals surface area contributed by atoms with Gasteiger partial charge in [0.2, 0.25) is 0 Å². The van der Waals surface area contributed by atoms with Gasteiger partial charge in [-0.3, -0.25) is 0 Å². The van der Waals surface area contributed by atoms with Crippen molar-refractivity contribution >= 4 is 11.3 Å². The number of halogens is 1.